The molecule has 0 aromatic rings. The van der Waals surface area contributed by atoms with Crippen molar-refractivity contribution in [3.63, 3.8) is 0 Å². The van der Waals surface area contributed by atoms with Crippen LogP contribution >= 0.6 is 0 Å². The van der Waals surface area contributed by atoms with Crippen LogP contribution in [0.15, 0.2) is 0 Å². The van der Waals surface area contributed by atoms with Crippen molar-refractivity contribution < 1.29 is 24.2 Å². The van der Waals surface area contributed by atoms with Crippen molar-refractivity contribution >= 4 is 11.9 Å². The Morgan fingerprint density at radius 3 is 0.917 bits per heavy atom. The van der Waals surface area contributed by atoms with Gasteiger partial charge in [0.25, 0.3) is 0 Å². The van der Waals surface area contributed by atoms with Crippen LogP contribution in [0.25, 0.3) is 0 Å². The Hall–Kier alpha value is -1.10. The number of aliphatic hydroxyl groups excluding tert-OH is 1. The van der Waals surface area contributed by atoms with Gasteiger partial charge in [-0.15, -0.1) is 0 Å². The number of aliphatic hydroxyl groups is 1. The summed E-state index contributed by atoms with van der Waals surface area (Å²) in [5.41, 5.74) is 0. The quantitative estimate of drug-likeness (QED) is 0.0515. The Balaban J connectivity index is 3.47. The molecule has 1 unspecified atom stereocenters. The van der Waals surface area contributed by atoms with E-state index in [2.05, 4.69) is 13.8 Å². The van der Waals surface area contributed by atoms with Gasteiger partial charge in [0.15, 0.2) is 6.10 Å². The maximum Gasteiger partial charge on any atom is 0.306 e. The average Bonchev–Trinajstić information content (AvgIpc) is 3.09. The average molecular weight is 681 g/mol. The second-order valence-corrected chi connectivity index (χ2v) is 14.8. The number of hydrogen-bond acceptors (Lipinski definition) is 5. The van der Waals surface area contributed by atoms with Crippen LogP contribution in [0.3, 0.4) is 0 Å². The molecule has 0 amide bonds. The van der Waals surface area contributed by atoms with Crippen LogP contribution < -0.4 is 0 Å². The maximum atomic E-state index is 12.2. The predicted octanol–water partition coefficient (Wildman–Crippen LogP) is 13.5. The van der Waals surface area contributed by atoms with Gasteiger partial charge in [-0.3, -0.25) is 9.59 Å². The number of rotatable bonds is 40. The van der Waals surface area contributed by atoms with Crippen LogP contribution in [0.2, 0.25) is 0 Å². The molecule has 0 rings (SSSR count). The molecule has 286 valence electrons. The van der Waals surface area contributed by atoms with E-state index in [9.17, 15) is 14.7 Å². The van der Waals surface area contributed by atoms with Gasteiger partial charge in [0, 0.05) is 12.8 Å². The molecule has 0 heterocycles. The lowest BCUT2D eigenvalue weighted by atomic mass is 10.0. The molecule has 0 aliphatic rings. The molecule has 0 aromatic heterocycles. The molecule has 0 radical (unpaired) electrons. The fourth-order valence-electron chi connectivity index (χ4n) is 6.62. The first-order valence-electron chi connectivity index (χ1n) is 21.6. The lowest BCUT2D eigenvalue weighted by molar-refractivity contribution is -0.161. The lowest BCUT2D eigenvalue weighted by Crippen LogP contribution is -2.28. The molecular formula is C43H84O5. The number of hydrogen-bond donors (Lipinski definition) is 1. The largest absolute Gasteiger partial charge is 0.462 e. The molecule has 0 aromatic carbocycles. The predicted molar refractivity (Wildman–Crippen MR) is 205 cm³/mol. The first kappa shape index (κ1) is 46.9. The van der Waals surface area contributed by atoms with E-state index < -0.39 is 6.10 Å². The van der Waals surface area contributed by atoms with Gasteiger partial charge < -0.3 is 14.6 Å². The van der Waals surface area contributed by atoms with E-state index in [0.29, 0.717) is 12.8 Å². The van der Waals surface area contributed by atoms with Crippen LogP contribution in [-0.2, 0) is 19.1 Å². The van der Waals surface area contributed by atoms with Gasteiger partial charge >= 0.3 is 11.9 Å². The van der Waals surface area contributed by atoms with Gasteiger partial charge in [-0.2, -0.15) is 0 Å². The minimum atomic E-state index is -0.761. The van der Waals surface area contributed by atoms with E-state index in [1.807, 2.05) is 0 Å². The highest BCUT2D eigenvalue weighted by atomic mass is 16.6. The molecule has 1 atom stereocenters. The highest BCUT2D eigenvalue weighted by Gasteiger charge is 2.16. The smallest absolute Gasteiger partial charge is 0.306 e. The van der Waals surface area contributed by atoms with Gasteiger partial charge in [0.05, 0.1) is 6.61 Å². The minimum absolute atomic E-state index is 0.0565. The normalized spacial score (nSPS) is 12.0. The van der Waals surface area contributed by atoms with Crippen molar-refractivity contribution in [3.05, 3.63) is 0 Å². The molecular weight excluding hydrogens is 596 g/mol. The van der Waals surface area contributed by atoms with Crippen LogP contribution in [-0.4, -0.2) is 36.4 Å². The second kappa shape index (κ2) is 40.3. The summed E-state index contributed by atoms with van der Waals surface area (Å²) in [6.07, 6.45) is 44.5. The van der Waals surface area contributed by atoms with E-state index >= 15 is 0 Å². The second-order valence-electron chi connectivity index (χ2n) is 14.8. The monoisotopic (exact) mass is 681 g/mol. The van der Waals surface area contributed by atoms with Crippen LogP contribution in [0.4, 0.5) is 0 Å². The number of esters is 2. The van der Waals surface area contributed by atoms with E-state index in [4.69, 9.17) is 9.47 Å². The van der Waals surface area contributed by atoms with Gasteiger partial charge in [0.2, 0.25) is 0 Å². The number of carbonyl (C=O) groups is 2. The first-order valence-corrected chi connectivity index (χ1v) is 21.6. The summed E-state index contributed by atoms with van der Waals surface area (Å²) in [6, 6.07) is 0. The van der Waals surface area contributed by atoms with Gasteiger partial charge in [0.1, 0.15) is 6.61 Å². The van der Waals surface area contributed by atoms with Crippen LogP contribution in [0.1, 0.15) is 245 Å². The Bertz CT molecular complexity index is 651. The summed E-state index contributed by atoms with van der Waals surface area (Å²) in [5, 5.41) is 9.57. The summed E-state index contributed by atoms with van der Waals surface area (Å²) in [4.78, 5) is 24.3. The van der Waals surface area contributed by atoms with Gasteiger partial charge in [-0.05, 0) is 12.8 Å². The van der Waals surface area contributed by atoms with E-state index in [1.165, 1.54) is 186 Å². The molecule has 0 saturated carbocycles. The van der Waals surface area contributed by atoms with Crippen molar-refractivity contribution in [2.45, 2.75) is 251 Å². The van der Waals surface area contributed by atoms with Crippen molar-refractivity contribution in [1.29, 1.82) is 0 Å². The number of carbonyl (C=O) groups excluding carboxylic acids is 2. The number of unbranched alkanes of at least 4 members (excludes halogenated alkanes) is 32. The Morgan fingerprint density at radius 2 is 0.646 bits per heavy atom. The molecule has 5 nitrogen and oxygen atoms in total. The third kappa shape index (κ3) is 37.7. The Morgan fingerprint density at radius 1 is 0.396 bits per heavy atom. The third-order valence-corrected chi connectivity index (χ3v) is 9.90. The fourth-order valence-corrected chi connectivity index (χ4v) is 6.62. The zero-order chi connectivity index (χ0) is 35.0. The van der Waals surface area contributed by atoms with E-state index in [-0.39, 0.29) is 25.2 Å². The van der Waals surface area contributed by atoms with Crippen LogP contribution in [0, 0.1) is 0 Å². The van der Waals surface area contributed by atoms with Crippen molar-refractivity contribution in [3.8, 4) is 0 Å². The zero-order valence-electron chi connectivity index (χ0n) is 32.5. The topological polar surface area (TPSA) is 72.8 Å². The summed E-state index contributed by atoms with van der Waals surface area (Å²) in [6.45, 7) is 4.18. The fraction of sp³-hybridized carbons (Fsp3) is 0.953. The molecule has 5 heteroatoms. The van der Waals surface area contributed by atoms with Crippen molar-refractivity contribution in [2.24, 2.45) is 0 Å². The molecule has 0 spiro atoms. The summed E-state index contributed by atoms with van der Waals surface area (Å²) < 4.78 is 10.6. The lowest BCUT2D eigenvalue weighted by Gasteiger charge is -2.15. The molecule has 0 fully saturated rings. The molecule has 48 heavy (non-hydrogen) atoms. The summed E-state index contributed by atoms with van der Waals surface area (Å²) in [7, 11) is 0. The standard InChI is InChI=1S/C43H84O5/c1-3-5-7-9-11-13-15-17-19-21-23-25-27-29-31-33-35-37-42(45)47-40-41(39-44)48-43(46)38-36-34-32-30-28-26-24-22-20-18-16-14-12-10-8-6-4-2/h41,44H,3-40H2,1-2H3. The summed E-state index contributed by atoms with van der Waals surface area (Å²) >= 11 is 0. The van der Waals surface area contributed by atoms with Gasteiger partial charge in [-0.1, -0.05) is 219 Å². The SMILES string of the molecule is CCCCCCCCCCCCCCCCCCCC(=O)OCC(CO)OC(=O)CCCCCCCCCCCCCCCCCCC. The van der Waals surface area contributed by atoms with E-state index in [1.54, 1.807) is 0 Å². The third-order valence-electron chi connectivity index (χ3n) is 9.90. The summed E-state index contributed by atoms with van der Waals surface area (Å²) in [5.74, 6) is -0.571. The molecule has 0 aliphatic heterocycles. The van der Waals surface area contributed by atoms with Gasteiger partial charge in [-0.25, -0.2) is 0 Å². The molecule has 1 N–H and O–H groups in total. The van der Waals surface area contributed by atoms with Crippen molar-refractivity contribution in [1.82, 2.24) is 0 Å². The molecule has 0 saturated heterocycles. The highest BCUT2D eigenvalue weighted by Crippen LogP contribution is 2.16. The Labute approximate surface area is 299 Å². The molecule has 0 bridgehead atoms. The van der Waals surface area contributed by atoms with Crippen molar-refractivity contribution in [2.75, 3.05) is 13.2 Å². The first-order chi connectivity index (χ1) is 23.6. The zero-order valence-corrected chi connectivity index (χ0v) is 32.5. The molecule has 0 aliphatic carbocycles. The van der Waals surface area contributed by atoms with E-state index in [0.717, 1.165) is 32.1 Å². The number of ether oxygens (including phenoxy) is 2. The highest BCUT2D eigenvalue weighted by molar-refractivity contribution is 5.70. The minimum Gasteiger partial charge on any atom is -0.462 e. The van der Waals surface area contributed by atoms with Crippen LogP contribution in [0.5, 0.6) is 0 Å². The maximum absolute atomic E-state index is 12.2. The Kier molecular flexibility index (Phi) is 39.4.